The Morgan fingerprint density at radius 3 is 2.19 bits per heavy atom. The van der Waals surface area contributed by atoms with Crippen LogP contribution in [0.2, 0.25) is 0 Å². The van der Waals surface area contributed by atoms with E-state index in [2.05, 4.69) is 66.2 Å². The molecule has 4 nitrogen and oxygen atoms in total. The number of amides is 1. The average molecular weight is 351 g/mol. The fraction of sp³-hybridized carbons (Fsp3) is 0.409. The summed E-state index contributed by atoms with van der Waals surface area (Å²) < 4.78 is 0. The Morgan fingerprint density at radius 1 is 0.923 bits per heavy atom. The summed E-state index contributed by atoms with van der Waals surface area (Å²) in [6, 6.07) is 18.6. The van der Waals surface area contributed by atoms with Gasteiger partial charge in [-0.05, 0) is 29.2 Å². The van der Waals surface area contributed by atoms with Crippen LogP contribution in [0.3, 0.4) is 0 Å². The molecule has 3 rings (SSSR count). The van der Waals surface area contributed by atoms with Gasteiger partial charge in [-0.3, -0.25) is 9.69 Å². The Kier molecular flexibility index (Phi) is 5.62. The Balaban J connectivity index is 1.54. The zero-order chi connectivity index (χ0) is 18.6. The maximum atomic E-state index is 12.5. The third-order valence-corrected chi connectivity index (χ3v) is 4.87. The first-order valence-corrected chi connectivity index (χ1v) is 9.35. The quantitative estimate of drug-likeness (QED) is 0.911. The highest BCUT2D eigenvalue weighted by molar-refractivity contribution is 5.93. The number of anilines is 2. The minimum absolute atomic E-state index is 0.00514. The summed E-state index contributed by atoms with van der Waals surface area (Å²) in [6.07, 6.45) is 0. The van der Waals surface area contributed by atoms with E-state index in [-0.39, 0.29) is 11.3 Å². The Bertz CT molecular complexity index is 729. The van der Waals surface area contributed by atoms with Crippen LogP contribution in [0.15, 0.2) is 54.6 Å². The van der Waals surface area contributed by atoms with E-state index in [1.807, 2.05) is 24.3 Å². The van der Waals surface area contributed by atoms with Crippen molar-refractivity contribution >= 4 is 17.3 Å². The molecule has 2 aromatic carbocycles. The number of hydrogen-bond donors (Lipinski definition) is 1. The molecular weight excluding hydrogens is 322 g/mol. The molecule has 0 bridgehead atoms. The largest absolute Gasteiger partial charge is 0.369 e. The molecule has 0 radical (unpaired) electrons. The van der Waals surface area contributed by atoms with Crippen LogP contribution in [0.25, 0.3) is 0 Å². The van der Waals surface area contributed by atoms with Gasteiger partial charge in [-0.1, -0.05) is 57.2 Å². The summed E-state index contributed by atoms with van der Waals surface area (Å²) in [6.45, 7) is 10.7. The van der Waals surface area contributed by atoms with Gasteiger partial charge < -0.3 is 10.2 Å². The van der Waals surface area contributed by atoms with E-state index in [4.69, 9.17) is 0 Å². The topological polar surface area (TPSA) is 35.6 Å². The smallest absolute Gasteiger partial charge is 0.238 e. The number of nitrogens with one attached hydrogen (secondary N) is 1. The Labute approximate surface area is 156 Å². The van der Waals surface area contributed by atoms with Crippen molar-refractivity contribution in [1.82, 2.24) is 4.90 Å². The molecule has 2 aromatic rings. The lowest BCUT2D eigenvalue weighted by Crippen LogP contribution is -2.48. The van der Waals surface area contributed by atoms with E-state index in [9.17, 15) is 4.79 Å². The number of carbonyl (C=O) groups is 1. The highest BCUT2D eigenvalue weighted by Crippen LogP contribution is 2.29. The normalized spacial score (nSPS) is 15.7. The lowest BCUT2D eigenvalue weighted by Gasteiger charge is -2.35. The molecule has 0 spiro atoms. The summed E-state index contributed by atoms with van der Waals surface area (Å²) in [7, 11) is 0. The number of para-hydroxylation sites is 2. The molecule has 1 saturated heterocycles. The first-order chi connectivity index (χ1) is 12.4. The van der Waals surface area contributed by atoms with Crippen molar-refractivity contribution in [2.24, 2.45) is 0 Å². The third-order valence-electron chi connectivity index (χ3n) is 4.87. The Morgan fingerprint density at radius 2 is 1.54 bits per heavy atom. The number of carbonyl (C=O) groups excluding carboxylic acids is 1. The number of rotatable bonds is 4. The van der Waals surface area contributed by atoms with Crippen LogP contribution >= 0.6 is 0 Å². The Hall–Kier alpha value is -2.33. The van der Waals surface area contributed by atoms with Gasteiger partial charge in [-0.15, -0.1) is 0 Å². The maximum absolute atomic E-state index is 12.5. The van der Waals surface area contributed by atoms with Gasteiger partial charge in [0.2, 0.25) is 5.91 Å². The first-order valence-electron chi connectivity index (χ1n) is 9.35. The van der Waals surface area contributed by atoms with Gasteiger partial charge in [-0.25, -0.2) is 0 Å². The van der Waals surface area contributed by atoms with Crippen LogP contribution in [0, 0.1) is 0 Å². The molecule has 0 aliphatic carbocycles. The summed E-state index contributed by atoms with van der Waals surface area (Å²) >= 11 is 0. The standard InChI is InChI=1S/C22H29N3O/c1-22(2,3)19-11-7-8-12-20(19)23-21(26)17-24-13-15-25(16-14-24)18-9-5-4-6-10-18/h4-12H,13-17H2,1-3H3,(H,23,26). The van der Waals surface area contributed by atoms with Crippen LogP contribution < -0.4 is 10.2 Å². The van der Waals surface area contributed by atoms with Gasteiger partial charge in [0.1, 0.15) is 0 Å². The highest BCUT2D eigenvalue weighted by atomic mass is 16.2. The van der Waals surface area contributed by atoms with E-state index in [0.717, 1.165) is 31.9 Å². The van der Waals surface area contributed by atoms with E-state index in [0.29, 0.717) is 6.54 Å². The zero-order valence-electron chi connectivity index (χ0n) is 16.0. The molecule has 1 fully saturated rings. The van der Waals surface area contributed by atoms with Gasteiger partial charge in [0.25, 0.3) is 0 Å². The lowest BCUT2D eigenvalue weighted by molar-refractivity contribution is -0.117. The molecule has 138 valence electrons. The van der Waals surface area contributed by atoms with Crippen LogP contribution in [-0.2, 0) is 10.2 Å². The second kappa shape index (κ2) is 7.92. The van der Waals surface area contributed by atoms with Crippen molar-refractivity contribution in [3.8, 4) is 0 Å². The van der Waals surface area contributed by atoms with E-state index >= 15 is 0 Å². The van der Waals surface area contributed by atoms with Crippen molar-refractivity contribution in [2.45, 2.75) is 26.2 Å². The summed E-state index contributed by atoms with van der Waals surface area (Å²) in [5, 5.41) is 3.11. The van der Waals surface area contributed by atoms with E-state index in [1.165, 1.54) is 11.3 Å². The van der Waals surface area contributed by atoms with Crippen LogP contribution in [-0.4, -0.2) is 43.5 Å². The van der Waals surface area contributed by atoms with Crippen LogP contribution in [0.5, 0.6) is 0 Å². The molecule has 0 unspecified atom stereocenters. The van der Waals surface area contributed by atoms with Gasteiger partial charge in [-0.2, -0.15) is 0 Å². The number of piperazine rings is 1. The summed E-state index contributed by atoms with van der Waals surface area (Å²) in [5.41, 5.74) is 3.36. The minimum atomic E-state index is 0.00514. The summed E-state index contributed by atoms with van der Waals surface area (Å²) in [4.78, 5) is 17.2. The van der Waals surface area contributed by atoms with Crippen molar-refractivity contribution in [3.05, 3.63) is 60.2 Å². The van der Waals surface area contributed by atoms with Crippen LogP contribution in [0.1, 0.15) is 26.3 Å². The molecular formula is C22H29N3O. The van der Waals surface area contributed by atoms with Crippen LogP contribution in [0.4, 0.5) is 11.4 Å². The highest BCUT2D eigenvalue weighted by Gasteiger charge is 2.21. The molecule has 4 heteroatoms. The molecule has 0 saturated carbocycles. The molecule has 1 aliphatic heterocycles. The van der Waals surface area contributed by atoms with Gasteiger partial charge >= 0.3 is 0 Å². The fourth-order valence-corrected chi connectivity index (χ4v) is 3.44. The predicted molar refractivity (Wildman–Crippen MR) is 109 cm³/mol. The SMILES string of the molecule is CC(C)(C)c1ccccc1NC(=O)CN1CCN(c2ccccc2)CC1. The second-order valence-corrected chi connectivity index (χ2v) is 7.94. The number of nitrogens with zero attached hydrogens (tertiary/aromatic N) is 2. The molecule has 1 heterocycles. The molecule has 1 aliphatic rings. The third kappa shape index (κ3) is 4.64. The molecule has 1 amide bonds. The second-order valence-electron chi connectivity index (χ2n) is 7.94. The van der Waals surface area contributed by atoms with Crippen molar-refractivity contribution in [3.63, 3.8) is 0 Å². The predicted octanol–water partition coefficient (Wildman–Crippen LogP) is 3.74. The lowest BCUT2D eigenvalue weighted by atomic mass is 9.86. The molecule has 26 heavy (non-hydrogen) atoms. The molecule has 1 N–H and O–H groups in total. The van der Waals surface area contributed by atoms with Gasteiger partial charge in [0.15, 0.2) is 0 Å². The van der Waals surface area contributed by atoms with E-state index < -0.39 is 0 Å². The molecule has 0 aromatic heterocycles. The van der Waals surface area contributed by atoms with Crippen molar-refractivity contribution in [2.75, 3.05) is 42.9 Å². The fourth-order valence-electron chi connectivity index (χ4n) is 3.44. The molecule has 0 atom stereocenters. The maximum Gasteiger partial charge on any atom is 0.238 e. The average Bonchev–Trinajstić information content (AvgIpc) is 2.62. The van der Waals surface area contributed by atoms with Crippen molar-refractivity contribution in [1.29, 1.82) is 0 Å². The van der Waals surface area contributed by atoms with Gasteiger partial charge in [0, 0.05) is 37.6 Å². The number of benzene rings is 2. The zero-order valence-corrected chi connectivity index (χ0v) is 16.0. The first kappa shape index (κ1) is 18.5. The minimum Gasteiger partial charge on any atom is -0.369 e. The van der Waals surface area contributed by atoms with Crippen molar-refractivity contribution < 1.29 is 4.79 Å². The van der Waals surface area contributed by atoms with Gasteiger partial charge in [0.05, 0.1) is 6.54 Å². The summed E-state index contributed by atoms with van der Waals surface area (Å²) in [5.74, 6) is 0.0647. The monoisotopic (exact) mass is 351 g/mol. The van der Waals surface area contributed by atoms with E-state index in [1.54, 1.807) is 0 Å². The number of hydrogen-bond acceptors (Lipinski definition) is 3.